The largest absolute Gasteiger partial charge is 1.00 e. The molecule has 3 heterocycles. The molecule has 0 fully saturated rings. The van der Waals surface area contributed by atoms with Crippen LogP contribution in [0.15, 0.2) is 53.8 Å². The average molecular weight is 339 g/mol. The summed E-state index contributed by atoms with van der Waals surface area (Å²) in [5.74, 6) is -0.230. The van der Waals surface area contributed by atoms with Crippen LogP contribution in [0.4, 0.5) is 5.69 Å². The fourth-order valence-corrected chi connectivity index (χ4v) is 4.61. The van der Waals surface area contributed by atoms with Crippen LogP contribution in [0.25, 0.3) is 10.8 Å². The van der Waals surface area contributed by atoms with Crippen LogP contribution in [0, 0.1) is 6.07 Å². The molecule has 120 valence electrons. The number of fused-ring (bicyclic) bond motifs is 6. The topological polar surface area (TPSA) is 29.5 Å². The maximum absolute atomic E-state index is 11.6. The fraction of sp³-hybridized carbons (Fsp3) is 0.286. The van der Waals surface area contributed by atoms with Crippen LogP contribution in [-0.4, -0.2) is 18.6 Å². The summed E-state index contributed by atoms with van der Waals surface area (Å²) in [6.07, 6.45) is 4.24. The number of esters is 1. The van der Waals surface area contributed by atoms with E-state index in [-0.39, 0.29) is 47.0 Å². The summed E-state index contributed by atoms with van der Waals surface area (Å²) in [5.41, 5.74) is 4.95. The summed E-state index contributed by atoms with van der Waals surface area (Å²) >= 11 is 0. The van der Waals surface area contributed by atoms with Gasteiger partial charge in [0.2, 0.25) is 0 Å². The molecule has 0 saturated heterocycles. The second kappa shape index (κ2) is 5.73. The Morgan fingerprint density at radius 2 is 2.08 bits per heavy atom. The van der Waals surface area contributed by atoms with Crippen molar-refractivity contribution >= 4 is 22.4 Å². The van der Waals surface area contributed by atoms with Gasteiger partial charge in [-0.25, -0.2) is 4.79 Å². The van der Waals surface area contributed by atoms with E-state index in [9.17, 15) is 4.79 Å². The molecule has 2 aromatic rings. The molecule has 0 radical (unpaired) electrons. The van der Waals surface area contributed by atoms with E-state index in [2.05, 4.69) is 43.0 Å². The van der Waals surface area contributed by atoms with Gasteiger partial charge in [0, 0.05) is 41.4 Å². The molecule has 0 spiro atoms. The second-order valence-electron chi connectivity index (χ2n) is 7.24. The predicted octanol–water partition coefficient (Wildman–Crippen LogP) is 0.881. The van der Waals surface area contributed by atoms with Crippen molar-refractivity contribution in [1.82, 2.24) is 0 Å². The molecule has 2 aromatic carbocycles. The Kier molecular flexibility index (Phi) is 3.87. The average Bonchev–Trinajstić information content (AvgIpc) is 2.83. The van der Waals surface area contributed by atoms with Crippen molar-refractivity contribution < 1.29 is 39.1 Å². The number of benzene rings is 2. The van der Waals surface area contributed by atoms with Crippen LogP contribution >= 0.6 is 0 Å². The minimum absolute atomic E-state index is 0. The van der Waals surface area contributed by atoms with Crippen molar-refractivity contribution in [3.05, 3.63) is 65.4 Å². The van der Waals surface area contributed by atoms with Crippen LogP contribution < -0.4 is 34.5 Å². The van der Waals surface area contributed by atoms with Crippen LogP contribution in [0.3, 0.4) is 0 Å². The van der Waals surface area contributed by atoms with Gasteiger partial charge < -0.3 is 9.64 Å². The van der Waals surface area contributed by atoms with Gasteiger partial charge in [-0.3, -0.25) is 0 Å². The van der Waals surface area contributed by atoms with Gasteiger partial charge in [-0.1, -0.05) is 13.8 Å². The van der Waals surface area contributed by atoms with E-state index in [0.29, 0.717) is 0 Å². The van der Waals surface area contributed by atoms with Gasteiger partial charge in [-0.05, 0) is 17.7 Å². The molecule has 0 aromatic heterocycles. The van der Waals surface area contributed by atoms with Gasteiger partial charge in [0.15, 0.2) is 0 Å². The number of nitrogens with zero attached hydrogens (tertiary/aromatic N) is 1. The maximum Gasteiger partial charge on any atom is 1.00 e. The molecule has 1 unspecified atom stereocenters. The molecule has 0 saturated carbocycles. The SMILES string of the molecule is CC1(C)C2=C3C=CC(=O)OC3CCN2c2ccc3c[c-]ccc3c21.[Na+]. The molecular weight excluding hydrogens is 321 g/mol. The Morgan fingerprint density at radius 3 is 2.92 bits per heavy atom. The zero-order valence-corrected chi connectivity index (χ0v) is 16.8. The van der Waals surface area contributed by atoms with Crippen LogP contribution in [0.5, 0.6) is 0 Å². The molecule has 25 heavy (non-hydrogen) atoms. The first kappa shape index (κ1) is 16.9. The number of carbonyl (C=O) groups excluding carboxylic acids is 1. The summed E-state index contributed by atoms with van der Waals surface area (Å²) in [6, 6.07) is 13.8. The van der Waals surface area contributed by atoms with E-state index in [0.717, 1.165) is 18.5 Å². The summed E-state index contributed by atoms with van der Waals surface area (Å²) in [6.45, 7) is 5.43. The first-order valence-electron chi connectivity index (χ1n) is 8.41. The number of anilines is 1. The summed E-state index contributed by atoms with van der Waals surface area (Å²) in [5, 5.41) is 2.50. The molecular formula is C21H18NNaO2. The summed E-state index contributed by atoms with van der Waals surface area (Å²) < 4.78 is 5.56. The predicted molar refractivity (Wildman–Crippen MR) is 93.8 cm³/mol. The quantitative estimate of drug-likeness (QED) is 0.405. The second-order valence-corrected chi connectivity index (χ2v) is 7.24. The normalized spacial score (nSPS) is 22.9. The smallest absolute Gasteiger partial charge is 0.454 e. The Balaban J connectivity index is 0.00000157. The first-order valence-corrected chi connectivity index (χ1v) is 8.41. The molecule has 0 amide bonds. The molecule has 4 heteroatoms. The minimum atomic E-state index is -0.230. The molecule has 1 atom stereocenters. The van der Waals surface area contributed by atoms with Gasteiger partial charge in [0.05, 0.1) is 0 Å². The van der Waals surface area contributed by atoms with Crippen molar-refractivity contribution in [2.75, 3.05) is 11.4 Å². The number of rotatable bonds is 0. The third-order valence-electron chi connectivity index (χ3n) is 5.51. The van der Waals surface area contributed by atoms with Gasteiger partial charge in [0.1, 0.15) is 6.10 Å². The molecule has 3 aliphatic rings. The van der Waals surface area contributed by atoms with Crippen LogP contribution in [0.2, 0.25) is 0 Å². The Hall–Kier alpha value is -1.55. The molecule has 0 N–H and O–H groups in total. The molecule has 0 aliphatic carbocycles. The van der Waals surface area contributed by atoms with Crippen molar-refractivity contribution in [2.24, 2.45) is 0 Å². The van der Waals surface area contributed by atoms with Gasteiger partial charge in [-0.2, -0.15) is 24.3 Å². The molecule has 0 bridgehead atoms. The third kappa shape index (κ3) is 2.26. The summed E-state index contributed by atoms with van der Waals surface area (Å²) in [4.78, 5) is 14.0. The van der Waals surface area contributed by atoms with Crippen molar-refractivity contribution in [3.8, 4) is 0 Å². The van der Waals surface area contributed by atoms with E-state index in [4.69, 9.17) is 4.74 Å². The number of carbonyl (C=O) groups is 1. The number of ether oxygens (including phenoxy) is 1. The third-order valence-corrected chi connectivity index (χ3v) is 5.51. The Labute approximate surface area is 169 Å². The number of hydrogen-bond acceptors (Lipinski definition) is 3. The Morgan fingerprint density at radius 1 is 1.24 bits per heavy atom. The van der Waals surface area contributed by atoms with E-state index in [1.54, 1.807) is 6.08 Å². The maximum atomic E-state index is 11.6. The van der Waals surface area contributed by atoms with Gasteiger partial charge in [0.25, 0.3) is 0 Å². The minimum Gasteiger partial charge on any atom is -0.454 e. The monoisotopic (exact) mass is 339 g/mol. The van der Waals surface area contributed by atoms with Gasteiger partial charge >= 0.3 is 35.5 Å². The number of allylic oxidation sites excluding steroid dienone is 1. The first-order chi connectivity index (χ1) is 11.6. The van der Waals surface area contributed by atoms with Gasteiger partial charge in [-0.15, -0.1) is 16.8 Å². The van der Waals surface area contributed by atoms with Crippen molar-refractivity contribution in [2.45, 2.75) is 31.8 Å². The zero-order chi connectivity index (χ0) is 16.5. The van der Waals surface area contributed by atoms with Crippen LogP contribution in [-0.2, 0) is 14.9 Å². The zero-order valence-electron chi connectivity index (χ0n) is 14.8. The van der Waals surface area contributed by atoms with E-state index in [1.807, 2.05) is 18.2 Å². The van der Waals surface area contributed by atoms with E-state index >= 15 is 0 Å². The van der Waals surface area contributed by atoms with E-state index in [1.165, 1.54) is 27.7 Å². The van der Waals surface area contributed by atoms with Crippen molar-refractivity contribution in [1.29, 1.82) is 0 Å². The standard InChI is InChI=1S/C21H18NO2.Na/c1-21(2)19-14-6-4-3-5-13(14)7-9-16(19)22-12-11-17-15(20(21)22)8-10-18(23)24-17;/h4-10,17H,11-12H2,1-2H3;/q-1;+1. The fourth-order valence-electron chi connectivity index (χ4n) is 4.61. The molecule has 3 nitrogen and oxygen atoms in total. The van der Waals surface area contributed by atoms with E-state index < -0.39 is 0 Å². The van der Waals surface area contributed by atoms with Crippen molar-refractivity contribution in [3.63, 3.8) is 0 Å². The molecule has 5 rings (SSSR count). The summed E-state index contributed by atoms with van der Waals surface area (Å²) in [7, 11) is 0. The number of hydrogen-bond donors (Lipinski definition) is 0. The Bertz CT molecular complexity index is 958. The van der Waals surface area contributed by atoms with Crippen LogP contribution in [0.1, 0.15) is 25.8 Å². The molecule has 3 aliphatic heterocycles.